The summed E-state index contributed by atoms with van der Waals surface area (Å²) < 4.78 is 0. The van der Waals surface area contributed by atoms with Gasteiger partial charge >= 0.3 is 0 Å². The van der Waals surface area contributed by atoms with Gasteiger partial charge in [0.15, 0.2) is 11.8 Å². The molecule has 0 spiro atoms. The SMILES string of the molecule is CCCNC(=O)c1ccc2c(Cl)cnc(N=C(N)N)c2c1. The maximum absolute atomic E-state index is 12.0. The smallest absolute Gasteiger partial charge is 0.251 e. The van der Waals surface area contributed by atoms with Gasteiger partial charge in [0, 0.05) is 29.1 Å². The van der Waals surface area contributed by atoms with Gasteiger partial charge in [-0.3, -0.25) is 4.79 Å². The van der Waals surface area contributed by atoms with Crippen LogP contribution in [0.2, 0.25) is 5.02 Å². The average Bonchev–Trinajstić information content (AvgIpc) is 2.47. The summed E-state index contributed by atoms with van der Waals surface area (Å²) in [6, 6.07) is 5.14. The number of rotatable bonds is 4. The number of carbonyl (C=O) groups is 1. The Morgan fingerprint density at radius 1 is 1.38 bits per heavy atom. The van der Waals surface area contributed by atoms with Crippen LogP contribution in [-0.4, -0.2) is 23.4 Å². The van der Waals surface area contributed by atoms with E-state index in [9.17, 15) is 4.79 Å². The molecular formula is C14H16ClN5O. The fraction of sp³-hybridized carbons (Fsp3) is 0.214. The number of aromatic nitrogens is 1. The number of nitrogens with one attached hydrogen (secondary N) is 1. The molecule has 0 saturated carbocycles. The number of guanidine groups is 1. The first-order valence-electron chi connectivity index (χ1n) is 6.49. The normalized spacial score (nSPS) is 10.4. The molecule has 1 aromatic carbocycles. The van der Waals surface area contributed by atoms with E-state index >= 15 is 0 Å². The topological polar surface area (TPSA) is 106 Å². The lowest BCUT2D eigenvalue weighted by atomic mass is 10.1. The number of pyridine rings is 1. The molecular weight excluding hydrogens is 290 g/mol. The maximum atomic E-state index is 12.0. The summed E-state index contributed by atoms with van der Waals surface area (Å²) in [4.78, 5) is 20.1. The zero-order valence-electron chi connectivity index (χ0n) is 11.6. The van der Waals surface area contributed by atoms with E-state index in [1.54, 1.807) is 18.2 Å². The standard InChI is InChI=1S/C14H16ClN5O/c1-2-5-18-13(21)8-3-4-9-10(6-8)12(20-14(16)17)19-7-11(9)15/h3-4,6-7H,2,5H2,1H3,(H,18,21)(H4,16,17,19,20). The molecule has 0 fully saturated rings. The van der Waals surface area contributed by atoms with Crippen LogP contribution in [0, 0.1) is 0 Å². The lowest BCUT2D eigenvalue weighted by molar-refractivity contribution is 0.0954. The number of fused-ring (bicyclic) bond motifs is 1. The predicted molar refractivity (Wildman–Crippen MR) is 84.8 cm³/mol. The second kappa shape index (κ2) is 6.41. The monoisotopic (exact) mass is 305 g/mol. The number of halogens is 1. The Labute approximate surface area is 127 Å². The molecule has 0 atom stereocenters. The first-order valence-corrected chi connectivity index (χ1v) is 6.86. The molecule has 7 heteroatoms. The fourth-order valence-corrected chi connectivity index (χ4v) is 2.10. The Morgan fingerprint density at radius 2 is 2.14 bits per heavy atom. The van der Waals surface area contributed by atoms with E-state index in [-0.39, 0.29) is 11.9 Å². The molecule has 0 aliphatic heterocycles. The molecule has 0 aliphatic carbocycles. The van der Waals surface area contributed by atoms with Gasteiger partial charge in [0.05, 0.1) is 5.02 Å². The highest BCUT2D eigenvalue weighted by Gasteiger charge is 2.11. The van der Waals surface area contributed by atoms with Crippen molar-refractivity contribution < 1.29 is 4.79 Å². The van der Waals surface area contributed by atoms with Crippen molar-refractivity contribution in [3.8, 4) is 0 Å². The highest BCUT2D eigenvalue weighted by molar-refractivity contribution is 6.35. The highest BCUT2D eigenvalue weighted by atomic mass is 35.5. The van der Waals surface area contributed by atoms with E-state index in [2.05, 4.69) is 15.3 Å². The lowest BCUT2D eigenvalue weighted by Gasteiger charge is -2.07. The van der Waals surface area contributed by atoms with Crippen LogP contribution >= 0.6 is 11.6 Å². The summed E-state index contributed by atoms with van der Waals surface area (Å²) in [5, 5.41) is 4.64. The third kappa shape index (κ3) is 3.41. The van der Waals surface area contributed by atoms with E-state index in [1.165, 1.54) is 6.20 Å². The van der Waals surface area contributed by atoms with Gasteiger partial charge in [-0.2, -0.15) is 4.99 Å². The first-order chi connectivity index (χ1) is 10.0. The summed E-state index contributed by atoms with van der Waals surface area (Å²) in [5.74, 6) is 0.0703. The lowest BCUT2D eigenvalue weighted by Crippen LogP contribution is -2.23. The van der Waals surface area contributed by atoms with E-state index in [0.717, 1.165) is 11.8 Å². The number of carbonyl (C=O) groups excluding carboxylic acids is 1. The molecule has 1 aromatic heterocycles. The molecule has 2 aromatic rings. The number of hydrogen-bond acceptors (Lipinski definition) is 3. The Balaban J connectivity index is 2.54. The number of aliphatic imine (C=N–C) groups is 1. The van der Waals surface area contributed by atoms with Gasteiger partial charge in [-0.25, -0.2) is 4.98 Å². The fourth-order valence-electron chi connectivity index (χ4n) is 1.89. The van der Waals surface area contributed by atoms with Gasteiger partial charge in [-0.1, -0.05) is 24.6 Å². The van der Waals surface area contributed by atoms with Gasteiger partial charge in [-0.15, -0.1) is 0 Å². The minimum Gasteiger partial charge on any atom is -0.370 e. The molecule has 21 heavy (non-hydrogen) atoms. The molecule has 0 saturated heterocycles. The summed E-state index contributed by atoms with van der Waals surface area (Å²) in [6.45, 7) is 2.60. The minimum absolute atomic E-state index is 0.105. The summed E-state index contributed by atoms with van der Waals surface area (Å²) >= 11 is 6.11. The number of nitrogens with two attached hydrogens (primary N) is 2. The van der Waals surface area contributed by atoms with E-state index < -0.39 is 0 Å². The van der Waals surface area contributed by atoms with Crippen LogP contribution in [0.15, 0.2) is 29.4 Å². The highest BCUT2D eigenvalue weighted by Crippen LogP contribution is 2.30. The van der Waals surface area contributed by atoms with Crippen LogP contribution in [0.5, 0.6) is 0 Å². The summed E-state index contributed by atoms with van der Waals surface area (Å²) in [6.07, 6.45) is 2.34. The van der Waals surface area contributed by atoms with Crippen LogP contribution in [0.25, 0.3) is 10.8 Å². The van der Waals surface area contributed by atoms with Gasteiger partial charge in [0.25, 0.3) is 5.91 Å². The molecule has 6 nitrogen and oxygen atoms in total. The van der Waals surface area contributed by atoms with E-state index in [1.807, 2.05) is 6.92 Å². The number of nitrogens with zero attached hydrogens (tertiary/aromatic N) is 2. The molecule has 1 heterocycles. The van der Waals surface area contributed by atoms with Crippen LogP contribution in [0.1, 0.15) is 23.7 Å². The summed E-state index contributed by atoms with van der Waals surface area (Å²) in [7, 11) is 0. The van der Waals surface area contributed by atoms with Gasteiger partial charge in [-0.05, 0) is 18.6 Å². The molecule has 2 rings (SSSR count). The second-order valence-corrected chi connectivity index (χ2v) is 4.89. The van der Waals surface area contributed by atoms with Crippen molar-refractivity contribution in [1.29, 1.82) is 0 Å². The number of amides is 1. The van der Waals surface area contributed by atoms with Crippen molar-refractivity contribution in [2.45, 2.75) is 13.3 Å². The largest absolute Gasteiger partial charge is 0.370 e. The maximum Gasteiger partial charge on any atom is 0.251 e. The average molecular weight is 306 g/mol. The van der Waals surface area contributed by atoms with Crippen molar-refractivity contribution >= 4 is 40.1 Å². The quantitative estimate of drug-likeness (QED) is 0.592. The second-order valence-electron chi connectivity index (χ2n) is 4.48. The predicted octanol–water partition coefficient (Wildman–Crippen LogP) is 1.93. The number of hydrogen-bond donors (Lipinski definition) is 3. The van der Waals surface area contributed by atoms with Crippen molar-refractivity contribution in [2.24, 2.45) is 16.5 Å². The molecule has 0 radical (unpaired) electrons. The molecule has 5 N–H and O–H groups in total. The van der Waals surface area contributed by atoms with Crippen molar-refractivity contribution in [1.82, 2.24) is 10.3 Å². The Bertz CT molecular complexity index is 710. The van der Waals surface area contributed by atoms with Gasteiger partial charge in [0.2, 0.25) is 0 Å². The van der Waals surface area contributed by atoms with E-state index in [4.69, 9.17) is 23.1 Å². The Kier molecular flexibility index (Phi) is 4.59. The van der Waals surface area contributed by atoms with Crippen LogP contribution in [-0.2, 0) is 0 Å². The molecule has 0 aliphatic rings. The van der Waals surface area contributed by atoms with Crippen LogP contribution in [0.4, 0.5) is 5.82 Å². The van der Waals surface area contributed by atoms with Crippen molar-refractivity contribution in [3.05, 3.63) is 35.0 Å². The third-order valence-electron chi connectivity index (χ3n) is 2.85. The molecule has 0 unspecified atom stereocenters. The summed E-state index contributed by atoms with van der Waals surface area (Å²) in [5.41, 5.74) is 11.3. The van der Waals surface area contributed by atoms with Crippen molar-refractivity contribution in [2.75, 3.05) is 6.54 Å². The third-order valence-corrected chi connectivity index (χ3v) is 3.15. The number of benzene rings is 1. The van der Waals surface area contributed by atoms with Gasteiger partial charge < -0.3 is 16.8 Å². The molecule has 110 valence electrons. The van der Waals surface area contributed by atoms with E-state index in [0.29, 0.717) is 28.3 Å². The molecule has 1 amide bonds. The molecule has 0 bridgehead atoms. The van der Waals surface area contributed by atoms with Crippen molar-refractivity contribution in [3.63, 3.8) is 0 Å². The Morgan fingerprint density at radius 3 is 2.81 bits per heavy atom. The minimum atomic E-state index is -0.158. The van der Waals surface area contributed by atoms with Crippen LogP contribution in [0.3, 0.4) is 0 Å². The first kappa shape index (κ1) is 15.1. The Hall–Kier alpha value is -2.34. The zero-order chi connectivity index (χ0) is 15.4. The van der Waals surface area contributed by atoms with Gasteiger partial charge in [0.1, 0.15) is 0 Å². The van der Waals surface area contributed by atoms with Crippen LogP contribution < -0.4 is 16.8 Å². The zero-order valence-corrected chi connectivity index (χ0v) is 12.3.